The highest BCUT2D eigenvalue weighted by molar-refractivity contribution is 7.89. The Morgan fingerprint density at radius 1 is 0.957 bits per heavy atom. The van der Waals surface area contributed by atoms with E-state index in [9.17, 15) is 13.2 Å². The highest BCUT2D eigenvalue weighted by Crippen LogP contribution is 2.40. The molecule has 12 heteroatoms. The standard InChI is InChI=1S/C34H47Cl3N4O4S/c1-38-16-18-40(19-17-38)34(22-26-8-4-3-5-9-26)13-11-27(12-14-34)23-39(2)32(42)25-45-24-29-10-6-7-15-41(29)46(43,44)33-30(36)20-28(35)21-31(33)37/h3-5,8-9,20-21,27,29H,6-7,10-19,22-25H2,1-2H3. The molecule has 0 N–H and O–H groups in total. The summed E-state index contributed by atoms with van der Waals surface area (Å²) in [6, 6.07) is 13.2. The summed E-state index contributed by atoms with van der Waals surface area (Å²) in [5, 5.41) is 0.246. The lowest BCUT2D eigenvalue weighted by Gasteiger charge is -2.51. The zero-order valence-electron chi connectivity index (χ0n) is 27.0. The van der Waals surface area contributed by atoms with Crippen LogP contribution in [0.15, 0.2) is 47.4 Å². The van der Waals surface area contributed by atoms with Crippen LogP contribution in [0.1, 0.15) is 50.5 Å². The Balaban J connectivity index is 1.13. The number of hydrogen-bond donors (Lipinski definition) is 0. The Bertz CT molecular complexity index is 1410. The van der Waals surface area contributed by atoms with E-state index in [1.165, 1.54) is 22.0 Å². The first-order valence-electron chi connectivity index (χ1n) is 16.4. The van der Waals surface area contributed by atoms with Crippen molar-refractivity contribution in [1.29, 1.82) is 0 Å². The zero-order chi connectivity index (χ0) is 32.9. The summed E-state index contributed by atoms with van der Waals surface area (Å²) in [6.45, 7) is 5.47. The first-order chi connectivity index (χ1) is 22.0. The molecule has 2 aromatic rings. The van der Waals surface area contributed by atoms with Crippen LogP contribution in [-0.4, -0.2) is 111 Å². The average Bonchev–Trinajstić information content (AvgIpc) is 3.02. The molecule has 1 unspecified atom stereocenters. The summed E-state index contributed by atoms with van der Waals surface area (Å²) < 4.78 is 34.5. The molecule has 0 aromatic heterocycles. The number of hydrogen-bond acceptors (Lipinski definition) is 6. The topological polar surface area (TPSA) is 73.4 Å². The number of halogens is 3. The summed E-state index contributed by atoms with van der Waals surface area (Å²) in [5.41, 5.74) is 1.56. The summed E-state index contributed by atoms with van der Waals surface area (Å²) in [7, 11) is 0.0641. The van der Waals surface area contributed by atoms with E-state index in [1.54, 1.807) is 4.90 Å². The third kappa shape index (κ3) is 8.58. The Morgan fingerprint density at radius 2 is 1.61 bits per heavy atom. The van der Waals surface area contributed by atoms with E-state index in [4.69, 9.17) is 39.5 Å². The molecule has 46 heavy (non-hydrogen) atoms. The van der Waals surface area contributed by atoms with E-state index in [-0.39, 0.29) is 44.6 Å². The highest BCUT2D eigenvalue weighted by atomic mass is 35.5. The number of likely N-dealkylation sites (N-methyl/N-ethyl adjacent to an activating group) is 2. The smallest absolute Gasteiger partial charge is 0.248 e. The van der Waals surface area contributed by atoms with Crippen LogP contribution in [0.4, 0.5) is 0 Å². The molecule has 2 saturated heterocycles. The van der Waals surface area contributed by atoms with Crippen molar-refractivity contribution in [3.63, 3.8) is 0 Å². The third-order valence-corrected chi connectivity index (χ3v) is 13.3. The molecule has 5 rings (SSSR count). The molecular weight excluding hydrogens is 667 g/mol. The van der Waals surface area contributed by atoms with Gasteiger partial charge in [-0.3, -0.25) is 9.69 Å². The largest absolute Gasteiger partial charge is 0.370 e. The second kappa shape index (κ2) is 15.9. The van der Waals surface area contributed by atoms with Gasteiger partial charge in [0.05, 0.1) is 16.7 Å². The first-order valence-corrected chi connectivity index (χ1v) is 19.0. The van der Waals surface area contributed by atoms with E-state index in [2.05, 4.69) is 47.2 Å². The molecule has 0 radical (unpaired) electrons. The van der Waals surface area contributed by atoms with E-state index in [0.717, 1.165) is 71.1 Å². The summed E-state index contributed by atoms with van der Waals surface area (Å²) in [6.07, 6.45) is 7.72. The van der Waals surface area contributed by atoms with Crippen LogP contribution in [0, 0.1) is 5.92 Å². The van der Waals surface area contributed by atoms with Crippen LogP contribution in [-0.2, 0) is 26.0 Å². The molecule has 2 aliphatic heterocycles. The van der Waals surface area contributed by atoms with Gasteiger partial charge in [-0.1, -0.05) is 71.6 Å². The van der Waals surface area contributed by atoms with Gasteiger partial charge in [0.2, 0.25) is 15.9 Å². The van der Waals surface area contributed by atoms with Gasteiger partial charge >= 0.3 is 0 Å². The Labute approximate surface area is 289 Å². The quantitative estimate of drug-likeness (QED) is 0.281. The number of rotatable bonds is 11. The predicted molar refractivity (Wildman–Crippen MR) is 185 cm³/mol. The van der Waals surface area contributed by atoms with E-state index < -0.39 is 16.1 Å². The third-order valence-electron chi connectivity index (χ3n) is 10.2. The molecule has 3 aliphatic rings. The Morgan fingerprint density at radius 3 is 2.26 bits per heavy atom. The van der Waals surface area contributed by atoms with Gasteiger partial charge in [0.15, 0.2) is 0 Å². The van der Waals surface area contributed by atoms with Crippen molar-refractivity contribution in [2.75, 3.05) is 66.6 Å². The SMILES string of the molecule is CN1CCN(C2(Cc3ccccc3)CCC(CN(C)C(=O)COCC3CCCCN3S(=O)(=O)c3c(Cl)cc(Cl)cc3Cl)CC2)CC1. The van der Waals surface area contributed by atoms with Crippen molar-refractivity contribution in [1.82, 2.24) is 19.0 Å². The maximum absolute atomic E-state index is 13.6. The molecule has 3 fully saturated rings. The van der Waals surface area contributed by atoms with Gasteiger partial charge in [0.1, 0.15) is 11.5 Å². The Hall–Kier alpha value is -1.43. The van der Waals surface area contributed by atoms with Gasteiger partial charge in [-0.25, -0.2) is 8.42 Å². The second-order valence-electron chi connectivity index (χ2n) is 13.4. The lowest BCUT2D eigenvalue weighted by atomic mass is 9.72. The van der Waals surface area contributed by atoms with E-state index in [0.29, 0.717) is 25.4 Å². The number of piperidine rings is 1. The normalized spacial score (nSPS) is 25.4. The molecule has 2 aromatic carbocycles. The molecule has 1 saturated carbocycles. The van der Waals surface area contributed by atoms with Crippen LogP contribution < -0.4 is 0 Å². The summed E-state index contributed by atoms with van der Waals surface area (Å²) in [4.78, 5) is 19.9. The minimum atomic E-state index is -3.99. The fourth-order valence-electron chi connectivity index (χ4n) is 7.49. The average molecular weight is 714 g/mol. The van der Waals surface area contributed by atoms with Crippen molar-refractivity contribution in [3.05, 3.63) is 63.1 Å². The lowest BCUT2D eigenvalue weighted by molar-refractivity contribution is -0.136. The maximum atomic E-state index is 13.6. The predicted octanol–water partition coefficient (Wildman–Crippen LogP) is 6.08. The van der Waals surface area contributed by atoms with Gasteiger partial charge in [0, 0.05) is 62.9 Å². The Kier molecular flexibility index (Phi) is 12.4. The van der Waals surface area contributed by atoms with Gasteiger partial charge < -0.3 is 14.5 Å². The zero-order valence-corrected chi connectivity index (χ0v) is 30.1. The van der Waals surface area contributed by atoms with Crippen LogP contribution in [0.2, 0.25) is 15.1 Å². The van der Waals surface area contributed by atoms with Crippen molar-refractivity contribution >= 4 is 50.7 Å². The summed E-state index contributed by atoms with van der Waals surface area (Å²) >= 11 is 18.6. The van der Waals surface area contributed by atoms with Crippen LogP contribution >= 0.6 is 34.8 Å². The minimum absolute atomic E-state index is 0.0110. The fraction of sp³-hybridized carbons (Fsp3) is 0.618. The number of nitrogens with zero attached hydrogens (tertiary/aromatic N) is 4. The van der Waals surface area contributed by atoms with Gasteiger partial charge in [-0.2, -0.15) is 4.31 Å². The maximum Gasteiger partial charge on any atom is 0.248 e. The van der Waals surface area contributed by atoms with E-state index in [1.807, 2.05) is 7.05 Å². The molecular formula is C34H47Cl3N4O4S. The number of amides is 1. The number of carbonyl (C=O) groups excluding carboxylic acids is 1. The van der Waals surface area contributed by atoms with E-state index >= 15 is 0 Å². The molecule has 2 heterocycles. The van der Waals surface area contributed by atoms with Crippen LogP contribution in [0.3, 0.4) is 0 Å². The second-order valence-corrected chi connectivity index (χ2v) is 16.5. The molecule has 1 amide bonds. The fourth-order valence-corrected chi connectivity index (χ4v) is 10.7. The number of carbonyl (C=O) groups is 1. The first kappa shape index (κ1) is 35.9. The van der Waals surface area contributed by atoms with Crippen molar-refractivity contribution < 1.29 is 17.9 Å². The lowest BCUT2D eigenvalue weighted by Crippen LogP contribution is -2.59. The number of benzene rings is 2. The number of piperazine rings is 1. The molecule has 254 valence electrons. The molecule has 8 nitrogen and oxygen atoms in total. The minimum Gasteiger partial charge on any atom is -0.370 e. The van der Waals surface area contributed by atoms with Crippen LogP contribution in [0.5, 0.6) is 0 Å². The summed E-state index contributed by atoms with van der Waals surface area (Å²) in [5.74, 6) is 0.354. The number of sulfonamides is 1. The van der Waals surface area contributed by atoms with Gasteiger partial charge in [-0.15, -0.1) is 0 Å². The molecule has 1 atom stereocenters. The highest BCUT2D eigenvalue weighted by Gasteiger charge is 2.42. The number of ether oxygens (including phenoxy) is 1. The van der Waals surface area contributed by atoms with Gasteiger partial charge in [-0.05, 0) is 75.6 Å². The molecule has 0 spiro atoms. The van der Waals surface area contributed by atoms with Crippen molar-refractivity contribution in [2.24, 2.45) is 5.92 Å². The molecule has 0 bridgehead atoms. The molecule has 1 aliphatic carbocycles. The monoisotopic (exact) mass is 712 g/mol. The van der Waals surface area contributed by atoms with Crippen molar-refractivity contribution in [3.8, 4) is 0 Å². The van der Waals surface area contributed by atoms with Crippen LogP contribution in [0.25, 0.3) is 0 Å². The van der Waals surface area contributed by atoms with Gasteiger partial charge in [0.25, 0.3) is 0 Å². The van der Waals surface area contributed by atoms with Crippen molar-refractivity contribution in [2.45, 2.75) is 67.8 Å².